The number of anilines is 2. The minimum absolute atomic E-state index is 0.0381. The molecular weight excluding hydrogens is 244 g/mol. The van der Waals surface area contributed by atoms with Crippen molar-refractivity contribution in [1.82, 2.24) is 19.6 Å². The van der Waals surface area contributed by atoms with Crippen molar-refractivity contribution in [2.45, 2.75) is 4.90 Å². The highest BCUT2D eigenvalue weighted by molar-refractivity contribution is 7.92. The number of nitrogens with zero attached hydrogens (tertiary/aromatic N) is 4. The van der Waals surface area contributed by atoms with Gasteiger partial charge in [-0.1, -0.05) is 0 Å². The first-order chi connectivity index (χ1) is 7.88. The number of hydrogen-bond acceptors (Lipinski definition) is 5. The number of aromatic nitrogens is 4. The van der Waals surface area contributed by atoms with Crippen LogP contribution in [0, 0.1) is 0 Å². The molecule has 0 aliphatic heterocycles. The highest BCUT2D eigenvalue weighted by atomic mass is 32.2. The van der Waals surface area contributed by atoms with Gasteiger partial charge in [0, 0.05) is 26.5 Å². The molecule has 0 amide bonds. The number of nitrogens with two attached hydrogens (primary N) is 1. The maximum Gasteiger partial charge on any atom is 0.267 e. The SMILES string of the molecule is Cn1cc(NS(=O)(=O)c2cn(C)nc2N)cn1. The van der Waals surface area contributed by atoms with Crippen LogP contribution in [0.2, 0.25) is 0 Å². The second kappa shape index (κ2) is 3.77. The summed E-state index contributed by atoms with van der Waals surface area (Å²) in [5.41, 5.74) is 5.89. The van der Waals surface area contributed by atoms with Crippen molar-refractivity contribution < 1.29 is 8.42 Å². The van der Waals surface area contributed by atoms with Crippen molar-refractivity contribution in [2.24, 2.45) is 14.1 Å². The summed E-state index contributed by atoms with van der Waals surface area (Å²) in [6.07, 6.45) is 4.29. The van der Waals surface area contributed by atoms with Gasteiger partial charge in [0.1, 0.15) is 4.90 Å². The molecule has 3 N–H and O–H groups in total. The molecule has 0 saturated carbocycles. The summed E-state index contributed by atoms with van der Waals surface area (Å²) in [4.78, 5) is -0.0520. The van der Waals surface area contributed by atoms with Crippen LogP contribution in [0.5, 0.6) is 0 Å². The number of hydrogen-bond donors (Lipinski definition) is 2. The fourth-order valence-corrected chi connectivity index (χ4v) is 2.51. The van der Waals surface area contributed by atoms with E-state index < -0.39 is 10.0 Å². The Morgan fingerprint density at radius 2 is 2.00 bits per heavy atom. The van der Waals surface area contributed by atoms with Gasteiger partial charge in [0.2, 0.25) is 0 Å². The number of nitrogen functional groups attached to an aromatic ring is 1. The number of sulfonamides is 1. The molecule has 0 saturated heterocycles. The lowest BCUT2D eigenvalue weighted by atomic mass is 10.6. The lowest BCUT2D eigenvalue weighted by molar-refractivity contribution is 0.601. The van der Waals surface area contributed by atoms with Crippen LogP contribution < -0.4 is 10.5 Å². The van der Waals surface area contributed by atoms with Crippen molar-refractivity contribution in [3.63, 3.8) is 0 Å². The standard InChI is InChI=1S/C8H12N6O2S/c1-13-4-6(3-10-13)12-17(15,16)7-5-14(2)11-8(7)9/h3-5,12H,1-2H3,(H2,9,11). The van der Waals surface area contributed by atoms with E-state index in [4.69, 9.17) is 5.73 Å². The Morgan fingerprint density at radius 1 is 1.29 bits per heavy atom. The third kappa shape index (κ3) is 2.23. The van der Waals surface area contributed by atoms with E-state index in [1.165, 1.54) is 21.8 Å². The minimum atomic E-state index is -3.72. The Hall–Kier alpha value is -2.03. The predicted octanol–water partition coefficient (Wildman–Crippen LogP) is -0.463. The van der Waals surface area contributed by atoms with Gasteiger partial charge in [0.05, 0.1) is 11.9 Å². The van der Waals surface area contributed by atoms with Crippen molar-refractivity contribution >= 4 is 21.5 Å². The molecule has 0 aliphatic carbocycles. The minimum Gasteiger partial charge on any atom is -0.381 e. The van der Waals surface area contributed by atoms with Crippen LogP contribution in [0.4, 0.5) is 11.5 Å². The molecule has 2 rings (SSSR count). The highest BCUT2D eigenvalue weighted by Crippen LogP contribution is 2.19. The molecule has 2 heterocycles. The summed E-state index contributed by atoms with van der Waals surface area (Å²) in [5.74, 6) is -0.0381. The van der Waals surface area contributed by atoms with Gasteiger partial charge in [0.25, 0.3) is 10.0 Å². The van der Waals surface area contributed by atoms with E-state index in [9.17, 15) is 8.42 Å². The van der Waals surface area contributed by atoms with Gasteiger partial charge in [-0.2, -0.15) is 10.2 Å². The quantitative estimate of drug-likeness (QED) is 0.772. The monoisotopic (exact) mass is 256 g/mol. The van der Waals surface area contributed by atoms with Gasteiger partial charge in [-0.15, -0.1) is 0 Å². The zero-order valence-electron chi connectivity index (χ0n) is 9.32. The van der Waals surface area contributed by atoms with Crippen LogP contribution in [-0.4, -0.2) is 28.0 Å². The smallest absolute Gasteiger partial charge is 0.267 e. The largest absolute Gasteiger partial charge is 0.381 e. The van der Waals surface area contributed by atoms with Crippen LogP contribution in [0.1, 0.15) is 0 Å². The van der Waals surface area contributed by atoms with Gasteiger partial charge >= 0.3 is 0 Å². The predicted molar refractivity (Wildman–Crippen MR) is 61.6 cm³/mol. The van der Waals surface area contributed by atoms with Crippen LogP contribution >= 0.6 is 0 Å². The molecule has 9 heteroatoms. The van der Waals surface area contributed by atoms with Gasteiger partial charge < -0.3 is 5.73 Å². The number of aryl methyl sites for hydroxylation is 2. The average Bonchev–Trinajstić information content (AvgIpc) is 2.72. The summed E-state index contributed by atoms with van der Waals surface area (Å²) in [5, 5.41) is 7.64. The summed E-state index contributed by atoms with van der Waals surface area (Å²) >= 11 is 0. The van der Waals surface area contributed by atoms with Crippen LogP contribution in [-0.2, 0) is 24.1 Å². The molecule has 2 aromatic heterocycles. The maximum absolute atomic E-state index is 12.0. The van der Waals surface area contributed by atoms with E-state index in [1.54, 1.807) is 20.3 Å². The molecule has 17 heavy (non-hydrogen) atoms. The van der Waals surface area contributed by atoms with Crippen LogP contribution in [0.25, 0.3) is 0 Å². The molecule has 0 unspecified atom stereocenters. The summed E-state index contributed by atoms with van der Waals surface area (Å²) in [6, 6.07) is 0. The van der Waals surface area contributed by atoms with Crippen molar-refractivity contribution in [3.8, 4) is 0 Å². The van der Waals surface area contributed by atoms with E-state index in [2.05, 4.69) is 14.9 Å². The lowest BCUT2D eigenvalue weighted by Crippen LogP contribution is -2.13. The molecule has 0 aliphatic rings. The molecule has 0 bridgehead atoms. The third-order valence-corrected chi connectivity index (χ3v) is 3.47. The lowest BCUT2D eigenvalue weighted by Gasteiger charge is -2.03. The Kier molecular flexibility index (Phi) is 2.54. The summed E-state index contributed by atoms with van der Waals surface area (Å²) in [7, 11) is -0.434. The Morgan fingerprint density at radius 3 is 2.47 bits per heavy atom. The summed E-state index contributed by atoms with van der Waals surface area (Å²) < 4.78 is 29.1. The average molecular weight is 256 g/mol. The number of nitrogens with one attached hydrogen (secondary N) is 1. The molecule has 0 fully saturated rings. The van der Waals surface area contributed by atoms with E-state index in [0.29, 0.717) is 5.69 Å². The zero-order valence-corrected chi connectivity index (χ0v) is 10.1. The maximum atomic E-state index is 12.0. The fourth-order valence-electron chi connectivity index (χ4n) is 1.38. The van der Waals surface area contributed by atoms with E-state index in [-0.39, 0.29) is 10.7 Å². The molecule has 2 aromatic rings. The molecule has 0 atom stereocenters. The van der Waals surface area contributed by atoms with E-state index >= 15 is 0 Å². The second-order valence-corrected chi connectivity index (χ2v) is 5.21. The first-order valence-electron chi connectivity index (χ1n) is 4.69. The topological polar surface area (TPSA) is 108 Å². The first-order valence-corrected chi connectivity index (χ1v) is 6.17. The van der Waals surface area contributed by atoms with Gasteiger partial charge in [-0.25, -0.2) is 8.42 Å². The molecular formula is C8H12N6O2S. The normalized spacial score (nSPS) is 11.6. The Balaban J connectivity index is 2.34. The van der Waals surface area contributed by atoms with Gasteiger partial charge in [0.15, 0.2) is 5.82 Å². The van der Waals surface area contributed by atoms with Crippen LogP contribution in [0.3, 0.4) is 0 Å². The fraction of sp³-hybridized carbons (Fsp3) is 0.250. The number of rotatable bonds is 3. The molecule has 0 radical (unpaired) electrons. The molecule has 92 valence electrons. The van der Waals surface area contributed by atoms with Crippen molar-refractivity contribution in [2.75, 3.05) is 10.5 Å². The third-order valence-electron chi connectivity index (χ3n) is 2.07. The summed E-state index contributed by atoms with van der Waals surface area (Å²) in [6.45, 7) is 0. The highest BCUT2D eigenvalue weighted by Gasteiger charge is 2.21. The first kappa shape index (κ1) is 11.5. The molecule has 0 aromatic carbocycles. The van der Waals surface area contributed by atoms with Crippen molar-refractivity contribution in [1.29, 1.82) is 0 Å². The molecule has 8 nitrogen and oxygen atoms in total. The zero-order chi connectivity index (χ0) is 12.6. The van der Waals surface area contributed by atoms with Gasteiger partial charge in [-0.05, 0) is 0 Å². The second-order valence-electron chi connectivity index (χ2n) is 3.56. The van der Waals surface area contributed by atoms with E-state index in [1.807, 2.05) is 0 Å². The Bertz CT molecular complexity index is 641. The van der Waals surface area contributed by atoms with Gasteiger partial charge in [-0.3, -0.25) is 14.1 Å². The Labute approximate surface area is 98.1 Å². The molecule has 0 spiro atoms. The van der Waals surface area contributed by atoms with Crippen LogP contribution in [0.15, 0.2) is 23.5 Å². The van der Waals surface area contributed by atoms with Crippen molar-refractivity contribution in [3.05, 3.63) is 18.6 Å². The van der Waals surface area contributed by atoms with E-state index in [0.717, 1.165) is 0 Å².